The summed E-state index contributed by atoms with van der Waals surface area (Å²) in [5.41, 5.74) is 2.90. The van der Waals surface area contributed by atoms with Gasteiger partial charge in [-0.2, -0.15) is 0 Å². The van der Waals surface area contributed by atoms with Crippen LogP contribution in [0.3, 0.4) is 0 Å². The van der Waals surface area contributed by atoms with Crippen LogP contribution in [-0.2, 0) is 0 Å². The third-order valence-corrected chi connectivity index (χ3v) is 9.92. The van der Waals surface area contributed by atoms with Crippen LogP contribution < -0.4 is 0 Å². The molecule has 1 unspecified atom stereocenters. The van der Waals surface area contributed by atoms with Crippen molar-refractivity contribution in [2.75, 3.05) is 0 Å². The SMILES string of the molecule is C[C@]12CC[C@H]3[C@@H](CC=C4C[C@@H](O)CC[C@@]43C)[C@@H]1CC[C@@H]2C(O)/C=C/c1ccc(F)cc1. The molecule has 0 radical (unpaired) electrons. The van der Waals surface area contributed by atoms with E-state index < -0.39 is 6.10 Å². The van der Waals surface area contributed by atoms with Gasteiger partial charge in [-0.25, -0.2) is 4.39 Å². The lowest BCUT2D eigenvalue weighted by Crippen LogP contribution is -2.51. The van der Waals surface area contributed by atoms with Gasteiger partial charge in [0.15, 0.2) is 0 Å². The molecule has 4 aliphatic rings. The van der Waals surface area contributed by atoms with Gasteiger partial charge in [0.25, 0.3) is 0 Å². The zero-order valence-electron chi connectivity index (χ0n) is 18.9. The van der Waals surface area contributed by atoms with Crippen LogP contribution in [0.2, 0.25) is 0 Å². The predicted octanol–water partition coefficient (Wildman–Crippen LogP) is 6.14. The number of aliphatic hydroxyl groups is 2. The molecule has 0 saturated heterocycles. The molecule has 0 spiro atoms. The molecule has 3 saturated carbocycles. The molecule has 0 amide bonds. The zero-order valence-corrected chi connectivity index (χ0v) is 18.9. The highest BCUT2D eigenvalue weighted by Gasteiger charge is 2.59. The van der Waals surface area contributed by atoms with Gasteiger partial charge in [-0.15, -0.1) is 0 Å². The molecular weight excluding hydrogens is 387 g/mol. The summed E-state index contributed by atoms with van der Waals surface area (Å²) in [6.07, 6.45) is 14.6. The highest BCUT2D eigenvalue weighted by atomic mass is 19.1. The Morgan fingerprint density at radius 3 is 2.58 bits per heavy atom. The first-order valence-corrected chi connectivity index (χ1v) is 12.3. The van der Waals surface area contributed by atoms with Crippen LogP contribution in [0.25, 0.3) is 6.08 Å². The highest BCUT2D eigenvalue weighted by Crippen LogP contribution is 2.66. The Kier molecular flexibility index (Phi) is 5.42. The number of rotatable bonds is 3. The van der Waals surface area contributed by atoms with Crippen LogP contribution in [0.5, 0.6) is 0 Å². The molecular formula is C28H37FO2. The average molecular weight is 425 g/mol. The fourth-order valence-corrected chi connectivity index (χ4v) is 8.16. The largest absolute Gasteiger partial charge is 0.393 e. The van der Waals surface area contributed by atoms with Crippen molar-refractivity contribution in [1.29, 1.82) is 0 Å². The van der Waals surface area contributed by atoms with Gasteiger partial charge in [-0.05, 0) is 104 Å². The van der Waals surface area contributed by atoms with Gasteiger partial charge in [-0.3, -0.25) is 0 Å². The molecule has 2 N–H and O–H groups in total. The summed E-state index contributed by atoms with van der Waals surface area (Å²) in [6, 6.07) is 6.46. The monoisotopic (exact) mass is 424 g/mol. The minimum absolute atomic E-state index is 0.149. The molecule has 0 aliphatic heterocycles. The molecule has 5 rings (SSSR count). The van der Waals surface area contributed by atoms with Gasteiger partial charge in [0.2, 0.25) is 0 Å². The number of fused-ring (bicyclic) bond motifs is 5. The van der Waals surface area contributed by atoms with Crippen LogP contribution in [0.15, 0.2) is 42.0 Å². The third kappa shape index (κ3) is 3.53. The van der Waals surface area contributed by atoms with Crippen molar-refractivity contribution in [3.05, 3.63) is 53.4 Å². The van der Waals surface area contributed by atoms with E-state index in [9.17, 15) is 14.6 Å². The van der Waals surface area contributed by atoms with Gasteiger partial charge in [-0.1, -0.05) is 49.8 Å². The van der Waals surface area contributed by atoms with Gasteiger partial charge < -0.3 is 10.2 Å². The van der Waals surface area contributed by atoms with E-state index in [0.717, 1.165) is 43.6 Å². The quantitative estimate of drug-likeness (QED) is 0.572. The maximum atomic E-state index is 13.2. The summed E-state index contributed by atoms with van der Waals surface area (Å²) in [7, 11) is 0. The molecule has 1 aromatic carbocycles. The summed E-state index contributed by atoms with van der Waals surface area (Å²) in [4.78, 5) is 0. The van der Waals surface area contributed by atoms with Crippen LogP contribution in [0.4, 0.5) is 4.39 Å². The predicted molar refractivity (Wildman–Crippen MR) is 123 cm³/mol. The van der Waals surface area contributed by atoms with E-state index in [1.807, 2.05) is 12.2 Å². The Labute approximate surface area is 186 Å². The number of aliphatic hydroxyl groups excluding tert-OH is 2. The van der Waals surface area contributed by atoms with E-state index in [0.29, 0.717) is 17.8 Å². The Morgan fingerprint density at radius 2 is 1.81 bits per heavy atom. The van der Waals surface area contributed by atoms with Crippen LogP contribution >= 0.6 is 0 Å². The molecule has 4 aliphatic carbocycles. The Bertz CT molecular complexity index is 874. The van der Waals surface area contributed by atoms with Gasteiger partial charge in [0.1, 0.15) is 5.82 Å². The molecule has 1 aromatic rings. The first kappa shape index (κ1) is 21.4. The highest BCUT2D eigenvalue weighted by molar-refractivity contribution is 5.49. The summed E-state index contributed by atoms with van der Waals surface area (Å²) < 4.78 is 13.2. The Hall–Kier alpha value is -1.45. The minimum Gasteiger partial charge on any atom is -0.393 e. The Balaban J connectivity index is 1.34. The fraction of sp³-hybridized carbons (Fsp3) is 0.643. The molecule has 31 heavy (non-hydrogen) atoms. The summed E-state index contributed by atoms with van der Waals surface area (Å²) >= 11 is 0. The first-order chi connectivity index (χ1) is 14.8. The van der Waals surface area contributed by atoms with E-state index in [1.165, 1.54) is 37.0 Å². The van der Waals surface area contributed by atoms with Crippen LogP contribution in [0.1, 0.15) is 70.8 Å². The molecule has 0 heterocycles. The second-order valence-corrected chi connectivity index (χ2v) is 11.3. The molecule has 168 valence electrons. The van der Waals surface area contributed by atoms with E-state index in [4.69, 9.17) is 0 Å². The molecule has 0 aromatic heterocycles. The summed E-state index contributed by atoms with van der Waals surface area (Å²) in [5, 5.41) is 21.3. The second kappa shape index (κ2) is 7.85. The van der Waals surface area contributed by atoms with Gasteiger partial charge in [0.05, 0.1) is 12.2 Å². The fourth-order valence-electron chi connectivity index (χ4n) is 8.16. The van der Waals surface area contributed by atoms with E-state index >= 15 is 0 Å². The van der Waals surface area contributed by atoms with Crippen molar-refractivity contribution >= 4 is 6.08 Å². The molecule has 3 heteroatoms. The lowest BCUT2D eigenvalue weighted by Gasteiger charge is -2.58. The lowest BCUT2D eigenvalue weighted by atomic mass is 9.47. The van der Waals surface area contributed by atoms with Crippen molar-refractivity contribution in [2.45, 2.75) is 77.4 Å². The lowest BCUT2D eigenvalue weighted by molar-refractivity contribution is -0.0638. The maximum Gasteiger partial charge on any atom is 0.123 e. The number of hydrogen-bond acceptors (Lipinski definition) is 2. The molecule has 2 nitrogen and oxygen atoms in total. The first-order valence-electron chi connectivity index (χ1n) is 12.3. The average Bonchev–Trinajstić information content (AvgIpc) is 3.11. The van der Waals surface area contributed by atoms with Crippen molar-refractivity contribution in [3.63, 3.8) is 0 Å². The number of allylic oxidation sites excluding steroid dienone is 1. The number of benzene rings is 1. The third-order valence-electron chi connectivity index (χ3n) is 9.92. The topological polar surface area (TPSA) is 40.5 Å². The second-order valence-electron chi connectivity index (χ2n) is 11.3. The molecule has 0 bridgehead atoms. The van der Waals surface area contributed by atoms with E-state index in [2.05, 4.69) is 19.9 Å². The summed E-state index contributed by atoms with van der Waals surface area (Å²) in [6.45, 7) is 4.91. The summed E-state index contributed by atoms with van der Waals surface area (Å²) in [5.74, 6) is 2.17. The minimum atomic E-state index is -0.452. The van der Waals surface area contributed by atoms with E-state index in [1.54, 1.807) is 12.1 Å². The normalized spacial score (nSPS) is 43.1. The Morgan fingerprint density at radius 1 is 1.03 bits per heavy atom. The standard InChI is InChI=1S/C28H37FO2/c1-27-15-13-21(30)17-19(27)6-9-22-23-10-11-25(28(23,2)16-14-24(22)27)26(31)12-5-18-3-7-20(29)8-4-18/h3-8,12,21-26,30-31H,9-11,13-17H2,1-2H3/b12-5+/t21-,22-,23-,24-,25+,26?,27-,28-/m0/s1. The van der Waals surface area contributed by atoms with Gasteiger partial charge in [0, 0.05) is 0 Å². The van der Waals surface area contributed by atoms with Crippen molar-refractivity contribution < 1.29 is 14.6 Å². The van der Waals surface area contributed by atoms with Crippen molar-refractivity contribution in [2.24, 2.45) is 34.5 Å². The van der Waals surface area contributed by atoms with Crippen LogP contribution in [-0.4, -0.2) is 22.4 Å². The number of halogens is 1. The van der Waals surface area contributed by atoms with E-state index in [-0.39, 0.29) is 22.8 Å². The zero-order chi connectivity index (χ0) is 21.8. The number of hydrogen-bond donors (Lipinski definition) is 2. The van der Waals surface area contributed by atoms with Crippen molar-refractivity contribution in [3.8, 4) is 0 Å². The van der Waals surface area contributed by atoms with Gasteiger partial charge >= 0.3 is 0 Å². The molecule has 8 atom stereocenters. The van der Waals surface area contributed by atoms with Crippen molar-refractivity contribution in [1.82, 2.24) is 0 Å². The molecule has 3 fully saturated rings. The van der Waals surface area contributed by atoms with Crippen LogP contribution in [0, 0.1) is 40.3 Å². The maximum absolute atomic E-state index is 13.2. The smallest absolute Gasteiger partial charge is 0.123 e.